The van der Waals surface area contributed by atoms with E-state index >= 15 is 0 Å². The van der Waals surface area contributed by atoms with Crippen molar-refractivity contribution in [3.8, 4) is 6.07 Å². The number of hydrogen-bond acceptors (Lipinski definition) is 6. The summed E-state index contributed by atoms with van der Waals surface area (Å²) < 4.78 is 4.72. The Morgan fingerprint density at radius 3 is 3.15 bits per heavy atom. The fraction of sp³-hybridized carbons (Fsp3) is 0.214. The number of hydrogen-bond donors (Lipinski definition) is 1. The minimum atomic E-state index is 0.293. The van der Waals surface area contributed by atoms with E-state index in [1.165, 1.54) is 0 Å². The van der Waals surface area contributed by atoms with Crippen molar-refractivity contribution in [3.63, 3.8) is 0 Å². The molecule has 1 aromatic heterocycles. The third-order valence-electron chi connectivity index (χ3n) is 3.09. The van der Waals surface area contributed by atoms with Gasteiger partial charge >= 0.3 is 0 Å². The number of aryl methyl sites for hydroxylation is 1. The van der Waals surface area contributed by atoms with E-state index in [-0.39, 0.29) is 0 Å². The van der Waals surface area contributed by atoms with Gasteiger partial charge in [0, 0.05) is 0 Å². The van der Waals surface area contributed by atoms with Crippen molar-refractivity contribution in [1.82, 2.24) is 15.8 Å². The summed E-state index contributed by atoms with van der Waals surface area (Å²) in [5.74, 6) is 0. The van der Waals surface area contributed by atoms with Gasteiger partial charge in [-0.2, -0.15) is 5.26 Å². The van der Waals surface area contributed by atoms with Crippen LogP contribution in [0.4, 0.5) is 0 Å². The standard InChI is InChI=1S/C14H12N4O2/c15-8-10-4-1-2-5-11(10)9-19-16-12-6-3-7-13-14(12)18-20-17-13/h1-2,4-6,16H,3,7,9H2. The van der Waals surface area contributed by atoms with Crippen molar-refractivity contribution in [3.05, 3.63) is 52.9 Å². The number of rotatable bonds is 4. The monoisotopic (exact) mass is 268 g/mol. The van der Waals surface area contributed by atoms with Crippen LogP contribution in [-0.4, -0.2) is 10.3 Å². The van der Waals surface area contributed by atoms with Crippen molar-refractivity contribution in [2.24, 2.45) is 0 Å². The number of allylic oxidation sites excluding steroid dienone is 1. The van der Waals surface area contributed by atoms with Gasteiger partial charge in [0.05, 0.1) is 17.3 Å². The maximum atomic E-state index is 9.00. The molecule has 0 saturated heterocycles. The van der Waals surface area contributed by atoms with Crippen molar-refractivity contribution >= 4 is 5.70 Å². The molecule has 0 aliphatic heterocycles. The summed E-state index contributed by atoms with van der Waals surface area (Å²) in [6, 6.07) is 9.46. The average Bonchev–Trinajstić information content (AvgIpc) is 2.97. The van der Waals surface area contributed by atoms with Crippen LogP contribution >= 0.6 is 0 Å². The summed E-state index contributed by atoms with van der Waals surface area (Å²) in [5, 5.41) is 16.7. The van der Waals surface area contributed by atoms with E-state index in [1.54, 1.807) is 6.07 Å². The van der Waals surface area contributed by atoms with Crippen LogP contribution in [0.15, 0.2) is 35.0 Å². The number of aromatic nitrogens is 2. The lowest BCUT2D eigenvalue weighted by Crippen LogP contribution is -2.16. The first-order valence-corrected chi connectivity index (χ1v) is 6.26. The lowest BCUT2D eigenvalue weighted by atomic mass is 10.1. The van der Waals surface area contributed by atoms with E-state index in [9.17, 15) is 0 Å². The lowest BCUT2D eigenvalue weighted by molar-refractivity contribution is 0.0638. The number of hydroxylamine groups is 1. The summed E-state index contributed by atoms with van der Waals surface area (Å²) in [6.07, 6.45) is 3.67. The highest BCUT2D eigenvalue weighted by Crippen LogP contribution is 2.21. The largest absolute Gasteiger partial charge is 0.271 e. The van der Waals surface area contributed by atoms with Crippen LogP contribution < -0.4 is 5.48 Å². The summed E-state index contributed by atoms with van der Waals surface area (Å²) in [4.78, 5) is 5.45. The topological polar surface area (TPSA) is 84.0 Å². The number of benzene rings is 1. The zero-order chi connectivity index (χ0) is 13.8. The molecule has 1 aliphatic carbocycles. The van der Waals surface area contributed by atoms with Gasteiger partial charge in [0.2, 0.25) is 0 Å². The molecule has 1 heterocycles. The van der Waals surface area contributed by atoms with E-state index in [4.69, 9.17) is 14.7 Å². The highest BCUT2D eigenvalue weighted by molar-refractivity contribution is 5.62. The molecule has 0 atom stereocenters. The summed E-state index contributed by atoms with van der Waals surface area (Å²) in [5.41, 5.74) is 6.56. The van der Waals surface area contributed by atoms with Crippen LogP contribution in [0.1, 0.15) is 28.9 Å². The average molecular weight is 268 g/mol. The van der Waals surface area contributed by atoms with Gasteiger partial charge in [0.25, 0.3) is 0 Å². The molecule has 100 valence electrons. The van der Waals surface area contributed by atoms with E-state index in [1.807, 2.05) is 24.3 Å². The van der Waals surface area contributed by atoms with E-state index in [0.29, 0.717) is 17.9 Å². The van der Waals surface area contributed by atoms with Crippen molar-refractivity contribution in [1.29, 1.82) is 5.26 Å². The molecule has 0 spiro atoms. The predicted molar refractivity (Wildman–Crippen MR) is 69.7 cm³/mol. The predicted octanol–water partition coefficient (Wildman–Crippen LogP) is 1.95. The minimum absolute atomic E-state index is 0.293. The van der Waals surface area contributed by atoms with Crippen LogP contribution in [0, 0.1) is 11.3 Å². The van der Waals surface area contributed by atoms with Gasteiger partial charge in [-0.25, -0.2) is 4.63 Å². The van der Waals surface area contributed by atoms with E-state index in [2.05, 4.69) is 21.9 Å². The third kappa shape index (κ3) is 2.39. The fourth-order valence-corrected chi connectivity index (χ4v) is 2.06. The molecular formula is C14H12N4O2. The third-order valence-corrected chi connectivity index (χ3v) is 3.09. The second-order valence-electron chi connectivity index (χ2n) is 4.38. The minimum Gasteiger partial charge on any atom is -0.271 e. The first kappa shape index (κ1) is 12.4. The van der Waals surface area contributed by atoms with Crippen molar-refractivity contribution in [2.45, 2.75) is 19.4 Å². The van der Waals surface area contributed by atoms with Crippen molar-refractivity contribution < 1.29 is 9.47 Å². The van der Waals surface area contributed by atoms with Gasteiger partial charge in [-0.15, -0.1) is 0 Å². The Kier molecular flexibility index (Phi) is 3.44. The summed E-state index contributed by atoms with van der Waals surface area (Å²) >= 11 is 0. The lowest BCUT2D eigenvalue weighted by Gasteiger charge is -2.13. The molecule has 1 N–H and O–H groups in total. The van der Waals surface area contributed by atoms with Gasteiger partial charge in [-0.1, -0.05) is 29.4 Å². The first-order chi connectivity index (χ1) is 9.88. The van der Waals surface area contributed by atoms with Crippen LogP contribution in [0.5, 0.6) is 0 Å². The molecule has 20 heavy (non-hydrogen) atoms. The Bertz CT molecular complexity index is 684. The normalized spacial score (nSPS) is 13.2. The maximum absolute atomic E-state index is 9.00. The Labute approximate surface area is 115 Å². The highest BCUT2D eigenvalue weighted by atomic mass is 16.6. The number of nitrogens with one attached hydrogen (secondary N) is 1. The summed E-state index contributed by atoms with van der Waals surface area (Å²) in [7, 11) is 0. The van der Waals surface area contributed by atoms with Gasteiger partial charge in [-0.05, 0) is 29.6 Å². The molecule has 1 aromatic carbocycles. The SMILES string of the molecule is N#Cc1ccccc1CONC1=CCCc2nonc21. The Hall–Kier alpha value is -2.65. The molecule has 2 aromatic rings. The molecule has 0 saturated carbocycles. The van der Waals surface area contributed by atoms with Crippen LogP contribution in [0.25, 0.3) is 5.70 Å². The second-order valence-corrected chi connectivity index (χ2v) is 4.38. The Balaban J connectivity index is 1.64. The smallest absolute Gasteiger partial charge is 0.156 e. The van der Waals surface area contributed by atoms with Gasteiger partial charge < -0.3 is 0 Å². The molecule has 0 bridgehead atoms. The molecule has 3 rings (SSSR count). The Morgan fingerprint density at radius 2 is 2.25 bits per heavy atom. The van der Waals surface area contributed by atoms with Gasteiger partial charge in [-0.3, -0.25) is 10.3 Å². The molecule has 0 unspecified atom stereocenters. The molecule has 0 amide bonds. The molecule has 0 radical (unpaired) electrons. The molecule has 6 nitrogen and oxygen atoms in total. The zero-order valence-electron chi connectivity index (χ0n) is 10.7. The van der Waals surface area contributed by atoms with Crippen molar-refractivity contribution in [2.75, 3.05) is 0 Å². The number of nitrogens with zero attached hydrogens (tertiary/aromatic N) is 3. The van der Waals surface area contributed by atoms with Crippen LogP contribution in [0.2, 0.25) is 0 Å². The molecular weight excluding hydrogens is 256 g/mol. The first-order valence-electron chi connectivity index (χ1n) is 6.26. The van der Waals surface area contributed by atoms with Gasteiger partial charge in [0.1, 0.15) is 12.3 Å². The highest BCUT2D eigenvalue weighted by Gasteiger charge is 2.18. The number of nitriles is 1. The fourth-order valence-electron chi connectivity index (χ4n) is 2.06. The van der Waals surface area contributed by atoms with Gasteiger partial charge in [0.15, 0.2) is 5.69 Å². The molecule has 1 aliphatic rings. The number of fused-ring (bicyclic) bond motifs is 1. The molecule has 0 fully saturated rings. The van der Waals surface area contributed by atoms with E-state index in [0.717, 1.165) is 29.8 Å². The summed E-state index contributed by atoms with van der Waals surface area (Å²) in [6.45, 7) is 0.293. The quantitative estimate of drug-likeness (QED) is 0.853. The maximum Gasteiger partial charge on any atom is 0.156 e. The molecule has 6 heteroatoms. The van der Waals surface area contributed by atoms with E-state index < -0.39 is 0 Å². The van der Waals surface area contributed by atoms with Crippen LogP contribution in [-0.2, 0) is 17.9 Å². The Morgan fingerprint density at radius 1 is 1.35 bits per heavy atom. The second kappa shape index (κ2) is 5.55. The zero-order valence-corrected chi connectivity index (χ0v) is 10.7. The van der Waals surface area contributed by atoms with Crippen LogP contribution in [0.3, 0.4) is 0 Å².